The van der Waals surface area contributed by atoms with E-state index in [9.17, 15) is 9.59 Å². The van der Waals surface area contributed by atoms with E-state index in [4.69, 9.17) is 16.0 Å². The summed E-state index contributed by atoms with van der Waals surface area (Å²) in [4.78, 5) is 24.1. The molecule has 3 rings (SSSR count). The van der Waals surface area contributed by atoms with Crippen LogP contribution < -0.4 is 10.9 Å². The highest BCUT2D eigenvalue weighted by atomic mass is 79.9. The van der Waals surface area contributed by atoms with Gasteiger partial charge in [-0.25, -0.2) is 0 Å². The Balaban J connectivity index is 1.73. The molecule has 2 heterocycles. The second kappa shape index (κ2) is 8.21. The molecule has 0 fully saturated rings. The summed E-state index contributed by atoms with van der Waals surface area (Å²) in [5.74, 6) is 0.219. The van der Waals surface area contributed by atoms with Crippen LogP contribution in [0.2, 0.25) is 5.02 Å². The fourth-order valence-electron chi connectivity index (χ4n) is 2.30. The molecule has 1 N–H and O–H groups in total. The number of anilines is 1. The predicted molar refractivity (Wildman–Crippen MR) is 105 cm³/mol. The molecule has 0 saturated carbocycles. The van der Waals surface area contributed by atoms with Gasteiger partial charge in [0.15, 0.2) is 4.67 Å². The number of rotatable bonds is 5. The lowest BCUT2D eigenvalue weighted by Crippen LogP contribution is -2.20. The van der Waals surface area contributed by atoms with Gasteiger partial charge in [0.05, 0.1) is 12.2 Å². The lowest BCUT2D eigenvalue weighted by atomic mass is 10.2. The number of nitrogens with one attached hydrogen (secondary N) is 1. The molecule has 26 heavy (non-hydrogen) atoms. The molecule has 0 aliphatic rings. The number of halogens is 2. The molecular weight excluding hydrogens is 420 g/mol. The monoisotopic (exact) mass is 432 g/mol. The van der Waals surface area contributed by atoms with Crippen molar-refractivity contribution in [2.24, 2.45) is 0 Å². The highest BCUT2D eigenvalue weighted by Crippen LogP contribution is 2.17. The van der Waals surface area contributed by atoms with E-state index in [-0.39, 0.29) is 11.5 Å². The molecule has 0 bridgehead atoms. The Kier molecular flexibility index (Phi) is 5.75. The smallest absolute Gasteiger partial charge is 0.250 e. The van der Waals surface area contributed by atoms with Crippen LogP contribution in [0.1, 0.15) is 11.3 Å². The Bertz CT molecular complexity index is 1020. The molecule has 5 nitrogen and oxygen atoms in total. The molecule has 2 aromatic heterocycles. The van der Waals surface area contributed by atoms with Crippen LogP contribution in [0.5, 0.6) is 0 Å². The summed E-state index contributed by atoms with van der Waals surface area (Å²) in [6, 6.07) is 13.7. The largest absolute Gasteiger partial charge is 0.450 e. The van der Waals surface area contributed by atoms with Crippen LogP contribution in [0.4, 0.5) is 5.69 Å². The SMILES string of the molecule is O=C(/C=C\c1ccc(Br)o1)Nc1ccc(=O)n(Cc2ccccc2Cl)c1. The van der Waals surface area contributed by atoms with Crippen molar-refractivity contribution in [3.63, 3.8) is 0 Å². The number of hydrogen-bond acceptors (Lipinski definition) is 3. The highest BCUT2D eigenvalue weighted by molar-refractivity contribution is 9.10. The number of furan rings is 1. The topological polar surface area (TPSA) is 64.2 Å². The number of pyridine rings is 1. The summed E-state index contributed by atoms with van der Waals surface area (Å²) in [6.07, 6.45) is 4.50. The fraction of sp³-hybridized carbons (Fsp3) is 0.0526. The maximum Gasteiger partial charge on any atom is 0.250 e. The number of hydrogen-bond donors (Lipinski definition) is 1. The maximum atomic E-state index is 12.1. The van der Waals surface area contributed by atoms with Crippen molar-refractivity contribution in [1.82, 2.24) is 4.57 Å². The normalized spacial score (nSPS) is 11.0. The van der Waals surface area contributed by atoms with Crippen LogP contribution in [-0.4, -0.2) is 10.5 Å². The zero-order chi connectivity index (χ0) is 18.5. The standard InChI is InChI=1S/C19H14BrClN2O3/c20-17-8-6-15(26-17)7-9-18(24)22-14-5-10-19(25)23(12-14)11-13-3-1-2-4-16(13)21/h1-10,12H,11H2,(H,22,24)/b9-7-. The van der Waals surface area contributed by atoms with Crippen molar-refractivity contribution in [2.45, 2.75) is 6.54 Å². The summed E-state index contributed by atoms with van der Waals surface area (Å²) in [6.45, 7) is 0.318. The molecule has 0 radical (unpaired) electrons. The molecule has 3 aromatic rings. The number of benzene rings is 1. The van der Waals surface area contributed by atoms with Gasteiger partial charge in [0.2, 0.25) is 5.91 Å². The Morgan fingerprint density at radius 2 is 2.00 bits per heavy atom. The first-order chi connectivity index (χ1) is 12.5. The van der Waals surface area contributed by atoms with Crippen molar-refractivity contribution >= 4 is 45.2 Å². The summed E-state index contributed by atoms with van der Waals surface area (Å²) >= 11 is 9.34. The first-order valence-corrected chi connectivity index (χ1v) is 8.87. The van der Waals surface area contributed by atoms with Gasteiger partial charge in [-0.05, 0) is 51.8 Å². The molecule has 0 spiro atoms. The third kappa shape index (κ3) is 4.74. The number of carbonyl (C=O) groups is 1. The van der Waals surface area contributed by atoms with Crippen molar-refractivity contribution in [2.75, 3.05) is 5.32 Å². The van der Waals surface area contributed by atoms with Crippen LogP contribution in [0, 0.1) is 0 Å². The number of amides is 1. The summed E-state index contributed by atoms with van der Waals surface area (Å²) in [5, 5.41) is 3.30. The number of nitrogens with zero attached hydrogens (tertiary/aromatic N) is 1. The average molecular weight is 434 g/mol. The minimum absolute atomic E-state index is 0.182. The minimum atomic E-state index is -0.333. The number of carbonyl (C=O) groups excluding carboxylic acids is 1. The lowest BCUT2D eigenvalue weighted by Gasteiger charge is -2.10. The molecular formula is C19H14BrClN2O3. The van der Waals surface area contributed by atoms with Crippen molar-refractivity contribution in [3.8, 4) is 0 Å². The van der Waals surface area contributed by atoms with E-state index >= 15 is 0 Å². The highest BCUT2D eigenvalue weighted by Gasteiger charge is 2.05. The van der Waals surface area contributed by atoms with Gasteiger partial charge in [0.1, 0.15) is 5.76 Å². The Labute approximate surface area is 163 Å². The quantitative estimate of drug-likeness (QED) is 0.600. The van der Waals surface area contributed by atoms with Crippen LogP contribution in [0.3, 0.4) is 0 Å². The van der Waals surface area contributed by atoms with Crippen molar-refractivity contribution in [1.29, 1.82) is 0 Å². The Morgan fingerprint density at radius 3 is 2.73 bits per heavy atom. The zero-order valence-electron chi connectivity index (χ0n) is 13.5. The molecule has 7 heteroatoms. The Hall–Kier alpha value is -2.57. The van der Waals surface area contributed by atoms with E-state index in [1.165, 1.54) is 16.7 Å². The summed E-state index contributed by atoms with van der Waals surface area (Å²) < 4.78 is 7.37. The van der Waals surface area contributed by atoms with Crippen molar-refractivity contribution in [3.05, 3.63) is 92.2 Å². The minimum Gasteiger partial charge on any atom is -0.450 e. The first kappa shape index (κ1) is 18.2. The second-order valence-electron chi connectivity index (χ2n) is 5.44. The van der Waals surface area contributed by atoms with Gasteiger partial charge >= 0.3 is 0 Å². The molecule has 0 unspecified atom stereocenters. The van der Waals surface area contributed by atoms with Crippen LogP contribution >= 0.6 is 27.5 Å². The molecule has 0 aliphatic heterocycles. The van der Waals surface area contributed by atoms with Gasteiger partial charge in [0, 0.05) is 23.4 Å². The second-order valence-corrected chi connectivity index (χ2v) is 6.63. The molecule has 1 amide bonds. The zero-order valence-corrected chi connectivity index (χ0v) is 15.8. The van der Waals surface area contributed by atoms with Gasteiger partial charge < -0.3 is 14.3 Å². The van der Waals surface area contributed by atoms with Gasteiger partial charge in [-0.1, -0.05) is 29.8 Å². The predicted octanol–water partition coefficient (Wildman–Crippen LogP) is 4.56. The molecule has 0 saturated heterocycles. The average Bonchev–Trinajstić information content (AvgIpc) is 3.03. The first-order valence-electron chi connectivity index (χ1n) is 7.69. The lowest BCUT2D eigenvalue weighted by molar-refractivity contribution is -0.111. The summed E-state index contributed by atoms with van der Waals surface area (Å²) in [7, 11) is 0. The molecule has 132 valence electrons. The van der Waals surface area contributed by atoms with E-state index in [1.807, 2.05) is 18.2 Å². The third-order valence-corrected chi connectivity index (χ3v) is 4.34. The molecule has 0 atom stereocenters. The molecule has 1 aromatic carbocycles. The number of aromatic nitrogens is 1. The van der Waals surface area contributed by atoms with E-state index in [1.54, 1.807) is 36.5 Å². The fourth-order valence-corrected chi connectivity index (χ4v) is 2.81. The Morgan fingerprint density at radius 1 is 1.19 bits per heavy atom. The van der Waals surface area contributed by atoms with E-state index in [2.05, 4.69) is 21.2 Å². The van der Waals surface area contributed by atoms with E-state index in [0.29, 0.717) is 27.7 Å². The summed E-state index contributed by atoms with van der Waals surface area (Å²) in [5.41, 5.74) is 1.15. The van der Waals surface area contributed by atoms with Gasteiger partial charge in [-0.15, -0.1) is 0 Å². The molecule has 0 aliphatic carbocycles. The van der Waals surface area contributed by atoms with E-state index < -0.39 is 0 Å². The van der Waals surface area contributed by atoms with Crippen LogP contribution in [0.25, 0.3) is 6.08 Å². The van der Waals surface area contributed by atoms with Gasteiger partial charge in [-0.2, -0.15) is 0 Å². The van der Waals surface area contributed by atoms with Gasteiger partial charge in [-0.3, -0.25) is 9.59 Å². The van der Waals surface area contributed by atoms with Gasteiger partial charge in [0.25, 0.3) is 5.56 Å². The van der Waals surface area contributed by atoms with Crippen LogP contribution in [-0.2, 0) is 11.3 Å². The maximum absolute atomic E-state index is 12.1. The van der Waals surface area contributed by atoms with E-state index in [0.717, 1.165) is 5.56 Å². The van der Waals surface area contributed by atoms with Crippen molar-refractivity contribution < 1.29 is 9.21 Å². The third-order valence-electron chi connectivity index (χ3n) is 3.54. The van der Waals surface area contributed by atoms with Crippen LogP contribution in [0.15, 0.2) is 74.7 Å².